The number of carbonyl (C=O) groups excluding carboxylic acids is 2. The first kappa shape index (κ1) is 81.5. The fourth-order valence-corrected chi connectivity index (χ4v) is 10.2. The van der Waals surface area contributed by atoms with Crippen LogP contribution in [0.2, 0.25) is 0 Å². The van der Waals surface area contributed by atoms with Crippen LogP contribution in [0.25, 0.3) is 0 Å². The number of aliphatic carboxylic acids is 1. The molecule has 0 aromatic carbocycles. The lowest BCUT2D eigenvalue weighted by atomic mass is 10.0. The Balaban J connectivity index is 4.09. The molecule has 0 aromatic rings. The summed E-state index contributed by atoms with van der Waals surface area (Å²) in [6, 6.07) is 0. The molecule has 0 radical (unpaired) electrons. The van der Waals surface area contributed by atoms with Crippen LogP contribution >= 0.6 is 0 Å². The number of carboxylic acids is 1. The largest absolute Gasteiger partial charge is 0.477 e. The van der Waals surface area contributed by atoms with Gasteiger partial charge in [-0.1, -0.05) is 304 Å². The Morgan fingerprint density at radius 2 is 0.671 bits per heavy atom. The monoisotopic (exact) mass is 1190 g/mol. The zero-order valence-electron chi connectivity index (χ0n) is 56.3. The molecule has 0 aliphatic rings. The van der Waals surface area contributed by atoms with Gasteiger partial charge in [-0.15, -0.1) is 0 Å². The van der Waals surface area contributed by atoms with Crippen LogP contribution in [0, 0.1) is 0 Å². The lowest BCUT2D eigenvalue weighted by Gasteiger charge is -2.25. The Morgan fingerprint density at radius 3 is 1.00 bits per heavy atom. The van der Waals surface area contributed by atoms with Crippen molar-refractivity contribution < 1.29 is 42.9 Å². The van der Waals surface area contributed by atoms with Crippen LogP contribution in [0.3, 0.4) is 0 Å². The first-order chi connectivity index (χ1) is 41.6. The van der Waals surface area contributed by atoms with Crippen molar-refractivity contribution in [3.63, 3.8) is 0 Å². The lowest BCUT2D eigenvalue weighted by Crippen LogP contribution is -2.40. The van der Waals surface area contributed by atoms with Gasteiger partial charge in [0.25, 0.3) is 6.29 Å². The second kappa shape index (κ2) is 66.4. The summed E-state index contributed by atoms with van der Waals surface area (Å²) >= 11 is 0. The minimum atomic E-state index is -1.51. The van der Waals surface area contributed by atoms with E-state index in [4.69, 9.17) is 18.9 Å². The molecule has 2 atom stereocenters. The van der Waals surface area contributed by atoms with Crippen molar-refractivity contribution in [2.75, 3.05) is 47.5 Å². The number of likely N-dealkylation sites (N-methyl/N-ethyl adjacent to an activating group) is 1. The molecule has 0 bridgehead atoms. The van der Waals surface area contributed by atoms with Crippen LogP contribution in [0.4, 0.5) is 0 Å². The molecular formula is C76H136NO8+. The number of quaternary nitrogens is 1. The number of rotatable bonds is 66. The maximum Gasteiger partial charge on any atom is 0.361 e. The van der Waals surface area contributed by atoms with Gasteiger partial charge in [0.05, 0.1) is 34.4 Å². The van der Waals surface area contributed by atoms with Crippen molar-refractivity contribution in [1.82, 2.24) is 0 Å². The summed E-state index contributed by atoms with van der Waals surface area (Å²) in [5, 5.41) is 9.75. The van der Waals surface area contributed by atoms with Gasteiger partial charge in [0, 0.05) is 12.8 Å². The van der Waals surface area contributed by atoms with Crippen molar-refractivity contribution in [2.24, 2.45) is 0 Å². The summed E-state index contributed by atoms with van der Waals surface area (Å²) < 4.78 is 23.0. The van der Waals surface area contributed by atoms with E-state index in [0.717, 1.165) is 77.0 Å². The van der Waals surface area contributed by atoms with Crippen molar-refractivity contribution in [2.45, 2.75) is 334 Å². The average molecular weight is 1190 g/mol. The Hall–Kier alpha value is -3.53. The molecule has 492 valence electrons. The molecule has 0 rings (SSSR count). The first-order valence-electron chi connectivity index (χ1n) is 35.8. The van der Waals surface area contributed by atoms with E-state index in [0.29, 0.717) is 17.4 Å². The van der Waals surface area contributed by atoms with E-state index in [1.165, 1.54) is 218 Å². The van der Waals surface area contributed by atoms with Gasteiger partial charge in [0.2, 0.25) is 0 Å². The van der Waals surface area contributed by atoms with Gasteiger partial charge in [-0.25, -0.2) is 4.79 Å². The third-order valence-electron chi connectivity index (χ3n) is 15.6. The van der Waals surface area contributed by atoms with E-state index >= 15 is 0 Å². The smallest absolute Gasteiger partial charge is 0.361 e. The fraction of sp³-hybridized carbons (Fsp3) is 0.776. The molecule has 0 fully saturated rings. The van der Waals surface area contributed by atoms with E-state index in [1.807, 2.05) is 21.1 Å². The Morgan fingerprint density at radius 1 is 0.365 bits per heavy atom. The summed E-state index contributed by atoms with van der Waals surface area (Å²) in [6.45, 7) is 4.79. The molecule has 0 aliphatic heterocycles. The second-order valence-electron chi connectivity index (χ2n) is 25.2. The average Bonchev–Trinajstić information content (AvgIpc) is 3.49. The molecule has 9 heteroatoms. The summed E-state index contributed by atoms with van der Waals surface area (Å²) in [4.78, 5) is 37.7. The molecular weight excluding hydrogens is 1050 g/mol. The molecule has 0 saturated heterocycles. The quantitative estimate of drug-likeness (QED) is 0.0211. The normalized spacial score (nSPS) is 13.2. The number of allylic oxidation sites excluding steroid dienone is 14. The molecule has 0 spiro atoms. The highest BCUT2D eigenvalue weighted by molar-refractivity contribution is 5.71. The van der Waals surface area contributed by atoms with E-state index in [-0.39, 0.29) is 32.2 Å². The van der Waals surface area contributed by atoms with Gasteiger partial charge in [0.1, 0.15) is 13.2 Å². The standard InChI is InChI=1S/C76H135NO8/c1-6-8-10-12-14-16-18-20-22-24-26-28-30-32-34-36-37-39-41-43-45-47-49-51-53-55-57-59-61-63-65-67-74(79)85-72(71-84-76(75(80)81)82-69-68-77(3,4)5)70-83-73(78)66-64-62-60-58-56-54-52-50-48-46-44-42-40-38-35-33-31-29-27-25-23-21-19-17-15-13-11-9-7-2/h8,10,14,16,19-22,25-28,31,33,72,76H,6-7,9,11-13,15,17-18,23-24,29-30,32,34-71H2,1-5H3/p+1/b10-8-,16-14-,21-19-,22-20-,27-25-,28-26-,33-31-. The van der Waals surface area contributed by atoms with Crippen molar-refractivity contribution >= 4 is 17.9 Å². The minimum absolute atomic E-state index is 0.182. The molecule has 85 heavy (non-hydrogen) atoms. The molecule has 1 N–H and O–H groups in total. The third kappa shape index (κ3) is 67.8. The summed E-state index contributed by atoms with van der Waals surface area (Å²) in [7, 11) is 5.98. The number of esters is 2. The fourth-order valence-electron chi connectivity index (χ4n) is 10.2. The molecule has 0 aromatic heterocycles. The Kier molecular flexibility index (Phi) is 63.7. The highest BCUT2D eigenvalue weighted by atomic mass is 16.7. The van der Waals surface area contributed by atoms with E-state index in [2.05, 4.69) is 98.9 Å². The van der Waals surface area contributed by atoms with Gasteiger partial charge >= 0.3 is 17.9 Å². The predicted octanol–water partition coefficient (Wildman–Crippen LogP) is 22.2. The summed E-state index contributed by atoms with van der Waals surface area (Å²) in [5.41, 5.74) is 0. The molecule has 0 amide bonds. The Bertz CT molecular complexity index is 1670. The number of hydrogen-bond acceptors (Lipinski definition) is 7. The van der Waals surface area contributed by atoms with Crippen LogP contribution in [0.1, 0.15) is 322 Å². The Labute approximate surface area is 525 Å². The van der Waals surface area contributed by atoms with Crippen molar-refractivity contribution in [1.29, 1.82) is 0 Å². The molecule has 0 saturated carbocycles. The third-order valence-corrected chi connectivity index (χ3v) is 15.6. The maximum atomic E-state index is 13.0. The maximum absolute atomic E-state index is 13.0. The van der Waals surface area contributed by atoms with E-state index in [1.54, 1.807) is 0 Å². The SMILES string of the molecule is CC/C=C\C/C=C\C/C=C\C/C=C\CCCCCCCCCCCCCCCCCCCCC(=O)OC(COC(=O)CCCCCCCCCCCCCCCC/C=C\C/C=C\C/C=C\CCCCCCC)COC(OCC[N+](C)(C)C)C(=O)O. The van der Waals surface area contributed by atoms with E-state index < -0.39 is 24.3 Å². The van der Waals surface area contributed by atoms with Gasteiger partial charge in [-0.3, -0.25) is 9.59 Å². The molecule has 9 nitrogen and oxygen atoms in total. The summed E-state index contributed by atoms with van der Waals surface area (Å²) in [5.74, 6) is -1.99. The summed E-state index contributed by atoms with van der Waals surface area (Å²) in [6.07, 6.45) is 87.0. The number of carboxylic acid groups (broad SMARTS) is 1. The topological polar surface area (TPSA) is 108 Å². The minimum Gasteiger partial charge on any atom is -0.477 e. The zero-order chi connectivity index (χ0) is 61.9. The van der Waals surface area contributed by atoms with Crippen molar-refractivity contribution in [3.8, 4) is 0 Å². The van der Waals surface area contributed by atoms with Crippen LogP contribution in [0.5, 0.6) is 0 Å². The van der Waals surface area contributed by atoms with Gasteiger partial charge in [0.15, 0.2) is 6.10 Å². The molecule has 0 heterocycles. The lowest BCUT2D eigenvalue weighted by molar-refractivity contribution is -0.870. The van der Waals surface area contributed by atoms with Crippen LogP contribution in [0.15, 0.2) is 85.1 Å². The van der Waals surface area contributed by atoms with Gasteiger partial charge < -0.3 is 28.5 Å². The van der Waals surface area contributed by atoms with Gasteiger partial charge in [-0.2, -0.15) is 0 Å². The number of hydrogen-bond donors (Lipinski definition) is 1. The van der Waals surface area contributed by atoms with Crippen LogP contribution < -0.4 is 0 Å². The first-order valence-corrected chi connectivity index (χ1v) is 35.8. The highest BCUT2D eigenvalue weighted by Crippen LogP contribution is 2.18. The number of carbonyl (C=O) groups is 3. The zero-order valence-corrected chi connectivity index (χ0v) is 56.3. The van der Waals surface area contributed by atoms with Gasteiger partial charge in [-0.05, 0) is 89.9 Å². The molecule has 0 aliphatic carbocycles. The number of ether oxygens (including phenoxy) is 4. The number of unbranched alkanes of at least 4 members (excludes halogenated alkanes) is 37. The van der Waals surface area contributed by atoms with Crippen LogP contribution in [-0.2, 0) is 33.3 Å². The van der Waals surface area contributed by atoms with E-state index in [9.17, 15) is 19.5 Å². The molecule has 2 unspecified atom stereocenters. The second-order valence-corrected chi connectivity index (χ2v) is 25.2. The predicted molar refractivity (Wildman–Crippen MR) is 364 cm³/mol. The van der Waals surface area contributed by atoms with Crippen molar-refractivity contribution in [3.05, 3.63) is 85.1 Å². The van der Waals surface area contributed by atoms with Crippen LogP contribution in [-0.4, -0.2) is 87.4 Å². The number of nitrogens with zero attached hydrogens (tertiary/aromatic N) is 1. The highest BCUT2D eigenvalue weighted by Gasteiger charge is 2.25.